The maximum Gasteiger partial charge on any atom is 0.0473 e. The number of para-hydroxylation sites is 1. The van der Waals surface area contributed by atoms with Crippen molar-refractivity contribution in [3.05, 3.63) is 70.9 Å². The van der Waals surface area contributed by atoms with Crippen LogP contribution in [-0.4, -0.2) is 12.0 Å². The first-order chi connectivity index (χ1) is 14.1. The number of aromatic amines is 1. The number of anilines is 1. The van der Waals surface area contributed by atoms with Gasteiger partial charge in [0.1, 0.15) is 0 Å². The van der Waals surface area contributed by atoms with Crippen LogP contribution >= 0.6 is 0 Å². The van der Waals surface area contributed by atoms with E-state index in [1.807, 2.05) is 6.20 Å². The quantitative estimate of drug-likeness (QED) is 0.397. The van der Waals surface area contributed by atoms with Crippen LogP contribution in [0.5, 0.6) is 0 Å². The van der Waals surface area contributed by atoms with E-state index in [1.165, 1.54) is 51.8 Å². The minimum absolute atomic E-state index is 1.05. The molecule has 0 aliphatic carbocycles. The van der Waals surface area contributed by atoms with Crippen LogP contribution in [0.25, 0.3) is 16.6 Å². The van der Waals surface area contributed by atoms with Crippen molar-refractivity contribution in [2.75, 3.05) is 11.9 Å². The zero-order chi connectivity index (χ0) is 20.8. The fourth-order valence-electron chi connectivity index (χ4n) is 4.45. The van der Waals surface area contributed by atoms with E-state index in [0.717, 1.165) is 25.7 Å². The standard InChI is InChI=1S/C27H36N2/c1-6-10-12-20(7-2)27(24-15-16-25-23(19-24)17-18-28-25)29(5)26-21(8-3)13-11-14-22(26)9-4/h11,13-19,28H,6-10,12H2,1-5H3/b27-20-. The van der Waals surface area contributed by atoms with Gasteiger partial charge in [0.05, 0.1) is 0 Å². The molecule has 0 unspecified atom stereocenters. The number of aryl methyl sites for hydroxylation is 2. The van der Waals surface area contributed by atoms with Crippen LogP contribution in [0.1, 0.15) is 70.1 Å². The Labute approximate surface area is 176 Å². The number of hydrogen-bond donors (Lipinski definition) is 1. The van der Waals surface area contributed by atoms with Crippen molar-refractivity contribution < 1.29 is 0 Å². The van der Waals surface area contributed by atoms with Gasteiger partial charge in [0.2, 0.25) is 0 Å². The average molecular weight is 389 g/mol. The molecule has 2 nitrogen and oxygen atoms in total. The van der Waals surface area contributed by atoms with E-state index in [0.29, 0.717) is 0 Å². The van der Waals surface area contributed by atoms with Crippen LogP contribution in [0.3, 0.4) is 0 Å². The highest BCUT2D eigenvalue weighted by Crippen LogP contribution is 2.36. The molecule has 0 amide bonds. The summed E-state index contributed by atoms with van der Waals surface area (Å²) in [5.74, 6) is 0. The van der Waals surface area contributed by atoms with Crippen LogP contribution in [0.2, 0.25) is 0 Å². The number of allylic oxidation sites excluding steroid dienone is 1. The lowest BCUT2D eigenvalue weighted by molar-refractivity contribution is 0.765. The number of unbranched alkanes of at least 4 members (excludes halogenated alkanes) is 1. The average Bonchev–Trinajstić information content (AvgIpc) is 3.23. The first kappa shape index (κ1) is 21.2. The van der Waals surface area contributed by atoms with Crippen LogP contribution in [0.15, 0.2) is 54.2 Å². The predicted octanol–water partition coefficient (Wildman–Crippen LogP) is 7.74. The van der Waals surface area contributed by atoms with E-state index < -0.39 is 0 Å². The van der Waals surface area contributed by atoms with Gasteiger partial charge in [0.15, 0.2) is 0 Å². The van der Waals surface area contributed by atoms with Crippen molar-refractivity contribution >= 4 is 22.3 Å². The lowest BCUT2D eigenvalue weighted by Gasteiger charge is -2.30. The molecule has 0 aliphatic rings. The van der Waals surface area contributed by atoms with Crippen molar-refractivity contribution in [1.29, 1.82) is 0 Å². The Balaban J connectivity index is 2.21. The second-order valence-corrected chi connectivity index (χ2v) is 7.88. The molecule has 154 valence electrons. The van der Waals surface area contributed by atoms with Crippen LogP contribution in [0.4, 0.5) is 5.69 Å². The van der Waals surface area contributed by atoms with Crippen LogP contribution in [-0.2, 0) is 12.8 Å². The third kappa shape index (κ3) is 4.42. The Morgan fingerprint density at radius 2 is 1.66 bits per heavy atom. The van der Waals surface area contributed by atoms with Gasteiger partial charge in [0, 0.05) is 35.5 Å². The Morgan fingerprint density at radius 3 is 2.28 bits per heavy atom. The normalized spacial score (nSPS) is 12.3. The molecule has 0 aliphatic heterocycles. The highest BCUT2D eigenvalue weighted by atomic mass is 15.1. The number of rotatable bonds is 9. The van der Waals surface area contributed by atoms with Gasteiger partial charge in [-0.2, -0.15) is 0 Å². The number of nitrogens with one attached hydrogen (secondary N) is 1. The van der Waals surface area contributed by atoms with Gasteiger partial charge in [-0.05, 0) is 72.6 Å². The highest BCUT2D eigenvalue weighted by molar-refractivity contribution is 5.89. The molecular formula is C27H36N2. The maximum atomic E-state index is 3.33. The van der Waals surface area contributed by atoms with Crippen molar-refractivity contribution in [3.63, 3.8) is 0 Å². The third-order valence-corrected chi connectivity index (χ3v) is 6.06. The largest absolute Gasteiger partial charge is 0.361 e. The molecule has 3 rings (SSSR count). The molecule has 1 heterocycles. The summed E-state index contributed by atoms with van der Waals surface area (Å²) in [7, 11) is 2.27. The van der Waals surface area contributed by atoms with Gasteiger partial charge in [-0.25, -0.2) is 0 Å². The summed E-state index contributed by atoms with van der Waals surface area (Å²) >= 11 is 0. The molecule has 1 N–H and O–H groups in total. The minimum Gasteiger partial charge on any atom is -0.361 e. The number of aromatic nitrogens is 1. The summed E-state index contributed by atoms with van der Waals surface area (Å²) in [6.07, 6.45) is 8.84. The summed E-state index contributed by atoms with van der Waals surface area (Å²) in [5, 5.41) is 1.28. The molecular weight excluding hydrogens is 352 g/mol. The predicted molar refractivity (Wildman–Crippen MR) is 129 cm³/mol. The van der Waals surface area contributed by atoms with E-state index in [-0.39, 0.29) is 0 Å². The molecule has 0 spiro atoms. The van der Waals surface area contributed by atoms with Crippen LogP contribution in [0, 0.1) is 0 Å². The maximum absolute atomic E-state index is 3.33. The Bertz CT molecular complexity index is 955. The lowest BCUT2D eigenvalue weighted by Crippen LogP contribution is -2.20. The zero-order valence-electron chi connectivity index (χ0n) is 18.8. The van der Waals surface area contributed by atoms with E-state index >= 15 is 0 Å². The van der Waals surface area contributed by atoms with E-state index in [9.17, 15) is 0 Å². The van der Waals surface area contributed by atoms with Gasteiger partial charge in [0.25, 0.3) is 0 Å². The topological polar surface area (TPSA) is 19.0 Å². The summed E-state index contributed by atoms with van der Waals surface area (Å²) in [5.41, 5.74) is 9.71. The summed E-state index contributed by atoms with van der Waals surface area (Å²) in [6, 6.07) is 15.8. The highest BCUT2D eigenvalue weighted by Gasteiger charge is 2.19. The molecule has 0 saturated heterocycles. The first-order valence-corrected chi connectivity index (χ1v) is 11.3. The summed E-state index contributed by atoms with van der Waals surface area (Å²) in [6.45, 7) is 9.11. The lowest BCUT2D eigenvalue weighted by atomic mass is 9.95. The van der Waals surface area contributed by atoms with Crippen LogP contribution < -0.4 is 4.90 Å². The Morgan fingerprint density at radius 1 is 0.931 bits per heavy atom. The molecule has 0 saturated carbocycles. The number of fused-ring (bicyclic) bond motifs is 1. The fraction of sp³-hybridized carbons (Fsp3) is 0.407. The zero-order valence-corrected chi connectivity index (χ0v) is 18.8. The molecule has 2 aromatic carbocycles. The van der Waals surface area contributed by atoms with E-state index in [1.54, 1.807) is 5.57 Å². The first-order valence-electron chi connectivity index (χ1n) is 11.3. The fourth-order valence-corrected chi connectivity index (χ4v) is 4.45. The molecule has 3 aromatic rings. The molecule has 0 atom stereocenters. The summed E-state index contributed by atoms with van der Waals surface area (Å²) < 4.78 is 0. The third-order valence-electron chi connectivity index (χ3n) is 6.06. The number of H-pyrrole nitrogens is 1. The van der Waals surface area contributed by atoms with Gasteiger partial charge < -0.3 is 9.88 Å². The number of benzene rings is 2. The molecule has 0 fully saturated rings. The molecule has 2 heteroatoms. The number of hydrogen-bond acceptors (Lipinski definition) is 1. The molecule has 0 bridgehead atoms. The van der Waals surface area contributed by atoms with Gasteiger partial charge in [-0.1, -0.05) is 58.4 Å². The Kier molecular flexibility index (Phi) is 7.19. The second kappa shape index (κ2) is 9.82. The molecule has 29 heavy (non-hydrogen) atoms. The van der Waals surface area contributed by atoms with E-state index in [2.05, 4.69) is 87.1 Å². The molecule has 0 radical (unpaired) electrons. The SMILES string of the molecule is CCCC/C(CC)=C(/c1ccc2[nH]ccc2c1)N(C)c1c(CC)cccc1CC. The van der Waals surface area contributed by atoms with E-state index in [4.69, 9.17) is 0 Å². The smallest absolute Gasteiger partial charge is 0.0473 e. The van der Waals surface area contributed by atoms with Gasteiger partial charge in [-0.15, -0.1) is 0 Å². The van der Waals surface area contributed by atoms with Crippen molar-refractivity contribution in [2.45, 2.75) is 66.2 Å². The minimum atomic E-state index is 1.05. The summed E-state index contributed by atoms with van der Waals surface area (Å²) in [4.78, 5) is 5.82. The van der Waals surface area contributed by atoms with Crippen molar-refractivity contribution in [1.82, 2.24) is 4.98 Å². The van der Waals surface area contributed by atoms with Crippen molar-refractivity contribution in [2.24, 2.45) is 0 Å². The van der Waals surface area contributed by atoms with Gasteiger partial charge >= 0.3 is 0 Å². The number of nitrogens with zero attached hydrogens (tertiary/aromatic N) is 1. The van der Waals surface area contributed by atoms with Crippen molar-refractivity contribution in [3.8, 4) is 0 Å². The molecule has 1 aromatic heterocycles. The monoisotopic (exact) mass is 388 g/mol. The second-order valence-electron chi connectivity index (χ2n) is 7.88. The van der Waals surface area contributed by atoms with Gasteiger partial charge in [-0.3, -0.25) is 0 Å². The Hall–Kier alpha value is -2.48.